The van der Waals surface area contributed by atoms with E-state index in [1.54, 1.807) is 12.2 Å². The molecule has 49 heavy (non-hydrogen) atoms. The molecule has 3 rings (SSSR count). The van der Waals surface area contributed by atoms with Crippen molar-refractivity contribution in [2.45, 2.75) is 103 Å². The van der Waals surface area contributed by atoms with E-state index in [-0.39, 0.29) is 25.0 Å². The largest absolute Gasteiger partial charge is 0.505 e. The standard InChI is InChI=1S/C38H48O11/c1-7-8-9-14-25(2)15-10-11-16-26(3)17-12-13-18-27(39)21-38-36(4,5)22-28(23-37(38,6)49-38)47-31(42)20-19-30(41)46-24-29(40)34-32(43)33(44)35(45)48-34/h7-18,28-29,34,40,43-44H,19-24H2,1-6H3/b8-7-,11-10+,14-9+,17-12+,18-13+,25-15+,26-16+. The van der Waals surface area contributed by atoms with Gasteiger partial charge >= 0.3 is 17.9 Å². The van der Waals surface area contributed by atoms with Crippen molar-refractivity contribution in [3.05, 3.63) is 95.6 Å². The van der Waals surface area contributed by atoms with Gasteiger partial charge in [0, 0.05) is 18.3 Å². The van der Waals surface area contributed by atoms with Crippen molar-refractivity contribution in [2.75, 3.05) is 6.61 Å². The maximum Gasteiger partial charge on any atom is 0.377 e. The highest BCUT2D eigenvalue weighted by Crippen LogP contribution is 2.67. The first-order valence-corrected chi connectivity index (χ1v) is 16.3. The lowest BCUT2D eigenvalue weighted by Crippen LogP contribution is -2.49. The van der Waals surface area contributed by atoms with E-state index in [2.05, 4.69) is 4.74 Å². The monoisotopic (exact) mass is 680 g/mol. The second-order valence-corrected chi connectivity index (χ2v) is 13.3. The van der Waals surface area contributed by atoms with E-state index in [1.807, 2.05) is 102 Å². The second kappa shape index (κ2) is 16.8. The van der Waals surface area contributed by atoms with E-state index in [9.17, 15) is 34.5 Å². The molecule has 1 aliphatic carbocycles. The van der Waals surface area contributed by atoms with Gasteiger partial charge < -0.3 is 34.3 Å². The Bertz CT molecular complexity index is 1520. The summed E-state index contributed by atoms with van der Waals surface area (Å²) in [6, 6.07) is 0. The van der Waals surface area contributed by atoms with Crippen LogP contribution in [0.2, 0.25) is 0 Å². The third-order valence-electron chi connectivity index (χ3n) is 8.86. The number of rotatable bonds is 16. The summed E-state index contributed by atoms with van der Waals surface area (Å²) in [4.78, 5) is 48.9. The molecule has 0 aromatic rings. The van der Waals surface area contributed by atoms with E-state index in [0.29, 0.717) is 12.8 Å². The van der Waals surface area contributed by atoms with E-state index >= 15 is 0 Å². The van der Waals surface area contributed by atoms with Crippen LogP contribution in [0.1, 0.15) is 73.6 Å². The molecule has 11 heteroatoms. The Labute approximate surface area is 287 Å². The normalized spacial score (nSPS) is 27.8. The number of ketones is 1. The van der Waals surface area contributed by atoms with E-state index in [4.69, 9.17) is 14.2 Å². The molecule has 3 aliphatic rings. The summed E-state index contributed by atoms with van der Waals surface area (Å²) in [7, 11) is 0. The third kappa shape index (κ3) is 10.3. The summed E-state index contributed by atoms with van der Waals surface area (Å²) in [5.41, 5.74) is 0.323. The average Bonchev–Trinajstić information content (AvgIpc) is 3.56. The smallest absolute Gasteiger partial charge is 0.377 e. The molecule has 0 amide bonds. The van der Waals surface area contributed by atoms with Gasteiger partial charge in [0.15, 0.2) is 17.6 Å². The number of carbonyl (C=O) groups is 4. The lowest BCUT2D eigenvalue weighted by molar-refractivity contribution is -0.159. The van der Waals surface area contributed by atoms with Crippen LogP contribution in [0.4, 0.5) is 0 Å². The van der Waals surface area contributed by atoms with Gasteiger partial charge in [-0.2, -0.15) is 0 Å². The molecule has 0 aromatic carbocycles. The van der Waals surface area contributed by atoms with Crippen LogP contribution in [-0.2, 0) is 38.1 Å². The van der Waals surface area contributed by atoms with Crippen LogP contribution in [0.25, 0.3) is 0 Å². The van der Waals surface area contributed by atoms with Crippen molar-refractivity contribution < 1.29 is 53.4 Å². The molecule has 5 atom stereocenters. The summed E-state index contributed by atoms with van der Waals surface area (Å²) in [6.45, 7) is 11.2. The van der Waals surface area contributed by atoms with Crippen molar-refractivity contribution in [3.8, 4) is 0 Å². The number of aliphatic hydroxyl groups excluding tert-OH is 3. The number of carbonyl (C=O) groups excluding carboxylic acids is 4. The molecule has 11 nitrogen and oxygen atoms in total. The fraction of sp³-hybridized carbons (Fsp3) is 0.474. The summed E-state index contributed by atoms with van der Waals surface area (Å²) in [5, 5.41) is 29.0. The molecule has 5 unspecified atom stereocenters. The number of cyclic esters (lactones) is 1. The van der Waals surface area contributed by atoms with Gasteiger partial charge in [0.25, 0.3) is 0 Å². The minimum atomic E-state index is -1.61. The Morgan fingerprint density at radius 1 is 0.898 bits per heavy atom. The maximum absolute atomic E-state index is 13.0. The molecule has 0 spiro atoms. The summed E-state index contributed by atoms with van der Waals surface area (Å²) in [5.74, 6) is -4.57. The topological polar surface area (TPSA) is 169 Å². The molecule has 2 aliphatic heterocycles. The highest BCUT2D eigenvalue weighted by molar-refractivity contribution is 5.91. The number of ether oxygens (including phenoxy) is 4. The van der Waals surface area contributed by atoms with Gasteiger partial charge in [-0.3, -0.25) is 14.4 Å². The Morgan fingerprint density at radius 3 is 2.06 bits per heavy atom. The Kier molecular flexibility index (Phi) is 13.3. The predicted molar refractivity (Wildman–Crippen MR) is 182 cm³/mol. The molecule has 266 valence electrons. The van der Waals surface area contributed by atoms with Crippen LogP contribution in [0.3, 0.4) is 0 Å². The van der Waals surface area contributed by atoms with Gasteiger partial charge in [0.05, 0.1) is 18.4 Å². The second-order valence-electron chi connectivity index (χ2n) is 13.3. The molecular formula is C38H48O11. The first kappa shape index (κ1) is 39.0. The Balaban J connectivity index is 1.43. The van der Waals surface area contributed by atoms with Crippen LogP contribution in [0, 0.1) is 5.41 Å². The number of epoxide rings is 1. The molecule has 3 N–H and O–H groups in total. The van der Waals surface area contributed by atoms with Gasteiger partial charge in [-0.15, -0.1) is 0 Å². The number of fused-ring (bicyclic) bond motifs is 1. The van der Waals surface area contributed by atoms with Crippen LogP contribution in [0.5, 0.6) is 0 Å². The van der Waals surface area contributed by atoms with Crippen LogP contribution >= 0.6 is 0 Å². The van der Waals surface area contributed by atoms with Gasteiger partial charge in [-0.1, -0.05) is 91.8 Å². The zero-order valence-electron chi connectivity index (χ0n) is 29.0. The fourth-order valence-corrected chi connectivity index (χ4v) is 6.24. The molecular weight excluding hydrogens is 632 g/mol. The first-order valence-electron chi connectivity index (χ1n) is 16.3. The van der Waals surface area contributed by atoms with Crippen LogP contribution in [0.15, 0.2) is 95.6 Å². The minimum Gasteiger partial charge on any atom is -0.505 e. The molecule has 2 heterocycles. The van der Waals surface area contributed by atoms with E-state index in [1.165, 1.54) is 0 Å². The highest BCUT2D eigenvalue weighted by Gasteiger charge is 2.76. The van der Waals surface area contributed by atoms with Gasteiger partial charge in [-0.05, 0) is 40.2 Å². The minimum absolute atomic E-state index is 0.0669. The van der Waals surface area contributed by atoms with Gasteiger partial charge in [0.2, 0.25) is 5.76 Å². The summed E-state index contributed by atoms with van der Waals surface area (Å²) < 4.78 is 21.5. The fourth-order valence-electron chi connectivity index (χ4n) is 6.24. The van der Waals surface area contributed by atoms with Crippen molar-refractivity contribution in [1.82, 2.24) is 0 Å². The van der Waals surface area contributed by atoms with Gasteiger partial charge in [-0.25, -0.2) is 4.79 Å². The molecule has 1 saturated heterocycles. The maximum atomic E-state index is 13.0. The Hall–Kier alpha value is -4.48. The molecule has 1 saturated carbocycles. The van der Waals surface area contributed by atoms with Crippen molar-refractivity contribution >= 4 is 23.7 Å². The number of aliphatic hydroxyl groups is 3. The van der Waals surface area contributed by atoms with E-state index < -0.39 is 71.0 Å². The SMILES string of the molecule is C\C=C/C=C/C(C)=C/C=C/C=C(C)/C=C/C=C/C(=O)CC12OC1(C)CC(OC(=O)CCC(=O)OCC(O)C1OC(=O)C(O)=C1O)CC2(C)C. The van der Waals surface area contributed by atoms with Gasteiger partial charge in [0.1, 0.15) is 24.4 Å². The number of hydrogen-bond acceptors (Lipinski definition) is 11. The zero-order valence-corrected chi connectivity index (χ0v) is 29.0. The summed E-state index contributed by atoms with van der Waals surface area (Å²) >= 11 is 0. The van der Waals surface area contributed by atoms with Crippen LogP contribution < -0.4 is 0 Å². The van der Waals surface area contributed by atoms with Crippen molar-refractivity contribution in [1.29, 1.82) is 0 Å². The molecule has 0 bridgehead atoms. The lowest BCUT2D eigenvalue weighted by atomic mass is 9.61. The molecule has 0 aromatic heterocycles. The number of esters is 3. The Morgan fingerprint density at radius 2 is 1.49 bits per heavy atom. The first-order chi connectivity index (χ1) is 23.0. The average molecular weight is 681 g/mol. The molecule has 2 fully saturated rings. The molecule has 0 radical (unpaired) electrons. The van der Waals surface area contributed by atoms with Crippen molar-refractivity contribution in [3.63, 3.8) is 0 Å². The lowest BCUT2D eigenvalue weighted by Gasteiger charge is -2.41. The number of hydrogen-bond donors (Lipinski definition) is 3. The van der Waals surface area contributed by atoms with Crippen molar-refractivity contribution in [2.24, 2.45) is 5.41 Å². The highest BCUT2D eigenvalue weighted by atomic mass is 16.6. The quantitative estimate of drug-likeness (QED) is 0.0589. The van der Waals surface area contributed by atoms with Crippen LogP contribution in [-0.4, -0.2) is 75.1 Å². The number of allylic oxidation sites excluding steroid dienone is 14. The third-order valence-corrected chi connectivity index (χ3v) is 8.86. The predicted octanol–water partition coefficient (Wildman–Crippen LogP) is 5.84. The zero-order chi connectivity index (χ0) is 36.4. The summed E-state index contributed by atoms with van der Waals surface area (Å²) in [6.07, 6.45) is 19.7. The van der Waals surface area contributed by atoms with E-state index in [0.717, 1.165) is 11.1 Å².